The van der Waals surface area contributed by atoms with E-state index >= 15 is 0 Å². The van der Waals surface area contributed by atoms with E-state index in [0.29, 0.717) is 22.5 Å². The maximum atomic E-state index is 14.7. The average Bonchev–Trinajstić information content (AvgIpc) is 3.26. The van der Waals surface area contributed by atoms with E-state index in [4.69, 9.17) is 4.74 Å². The van der Waals surface area contributed by atoms with Crippen molar-refractivity contribution in [2.24, 2.45) is 7.05 Å². The number of hydrogen-bond donors (Lipinski definition) is 2. The molecule has 2 amide bonds. The Morgan fingerprint density at radius 3 is 2.51 bits per heavy atom. The number of amides is 2. The maximum Gasteiger partial charge on any atom is 0.323 e. The molecule has 0 unspecified atom stereocenters. The lowest BCUT2D eigenvalue weighted by Gasteiger charge is -2.11. The van der Waals surface area contributed by atoms with E-state index in [9.17, 15) is 13.6 Å². The number of halogens is 2. The molecule has 0 fully saturated rings. The molecule has 35 heavy (non-hydrogen) atoms. The van der Waals surface area contributed by atoms with Crippen LogP contribution in [-0.4, -0.2) is 25.8 Å². The van der Waals surface area contributed by atoms with Gasteiger partial charge in [0.15, 0.2) is 11.6 Å². The number of nitrogens with zero attached hydrogens (tertiary/aromatic N) is 4. The lowest BCUT2D eigenvalue weighted by Crippen LogP contribution is -2.19. The molecule has 0 aliphatic rings. The lowest BCUT2D eigenvalue weighted by molar-refractivity contribution is 0.262. The van der Waals surface area contributed by atoms with Crippen LogP contribution in [0.15, 0.2) is 79.3 Å². The fourth-order valence-corrected chi connectivity index (χ4v) is 3.40. The third kappa shape index (κ3) is 5.06. The quantitative estimate of drug-likeness (QED) is 0.340. The zero-order valence-electron chi connectivity index (χ0n) is 18.4. The number of urea groups is 1. The molecule has 2 aromatic heterocycles. The van der Waals surface area contributed by atoms with Crippen molar-refractivity contribution in [2.75, 3.05) is 10.6 Å². The van der Waals surface area contributed by atoms with Crippen molar-refractivity contribution in [2.45, 2.75) is 0 Å². The number of aryl methyl sites for hydroxylation is 1. The van der Waals surface area contributed by atoms with Crippen LogP contribution in [0, 0.1) is 11.6 Å². The monoisotopic (exact) mass is 472 g/mol. The highest BCUT2D eigenvalue weighted by Crippen LogP contribution is 2.29. The van der Waals surface area contributed by atoms with E-state index in [-0.39, 0.29) is 17.1 Å². The summed E-state index contributed by atoms with van der Waals surface area (Å²) in [7, 11) is 1.82. The van der Waals surface area contributed by atoms with Gasteiger partial charge in [0.25, 0.3) is 0 Å². The molecule has 2 N–H and O–H groups in total. The Labute approximate surface area is 198 Å². The standard InChI is InChI=1S/C25H18F2N6O2/c1-33-14-15(12-29-33)23-13-28-21-7-6-19(11-22(21)32-23)35-24-8-5-18(10-20(24)27)31-25(34)30-17-4-2-3-16(26)9-17/h2-14H,1H3,(H2,30,31,34). The van der Waals surface area contributed by atoms with Gasteiger partial charge in [-0.25, -0.2) is 18.6 Å². The number of benzene rings is 3. The van der Waals surface area contributed by atoms with Gasteiger partial charge in [-0.05, 0) is 42.5 Å². The lowest BCUT2D eigenvalue weighted by atomic mass is 10.2. The number of ether oxygens (including phenoxy) is 1. The zero-order chi connectivity index (χ0) is 24.4. The molecule has 10 heteroatoms. The molecule has 0 atom stereocenters. The van der Waals surface area contributed by atoms with Crippen LogP contribution < -0.4 is 15.4 Å². The number of aromatic nitrogens is 4. The Hall–Kier alpha value is -4.86. The van der Waals surface area contributed by atoms with Gasteiger partial charge in [0.2, 0.25) is 0 Å². The SMILES string of the molecule is Cn1cc(-c2cnc3ccc(Oc4ccc(NC(=O)Nc5cccc(F)c5)cc4F)cc3n2)cn1. The molecule has 174 valence electrons. The van der Waals surface area contributed by atoms with E-state index in [1.54, 1.807) is 35.3 Å². The van der Waals surface area contributed by atoms with Crippen LogP contribution in [0.25, 0.3) is 22.3 Å². The largest absolute Gasteiger partial charge is 0.454 e. The highest BCUT2D eigenvalue weighted by Gasteiger charge is 2.11. The first-order valence-corrected chi connectivity index (χ1v) is 10.5. The van der Waals surface area contributed by atoms with Crippen molar-refractivity contribution in [3.8, 4) is 22.8 Å². The topological polar surface area (TPSA) is 94.0 Å². The van der Waals surface area contributed by atoms with Crippen molar-refractivity contribution >= 4 is 28.4 Å². The summed E-state index contributed by atoms with van der Waals surface area (Å²) < 4.78 is 35.3. The Morgan fingerprint density at radius 1 is 0.943 bits per heavy atom. The van der Waals surface area contributed by atoms with Crippen molar-refractivity contribution in [1.29, 1.82) is 0 Å². The first-order chi connectivity index (χ1) is 16.9. The third-order valence-electron chi connectivity index (χ3n) is 5.01. The maximum absolute atomic E-state index is 14.7. The molecule has 0 saturated heterocycles. The predicted octanol–water partition coefficient (Wildman–Crippen LogP) is 5.74. The van der Waals surface area contributed by atoms with E-state index in [1.807, 2.05) is 13.2 Å². The van der Waals surface area contributed by atoms with Gasteiger partial charge in [-0.15, -0.1) is 0 Å². The van der Waals surface area contributed by atoms with Crippen LogP contribution in [0.3, 0.4) is 0 Å². The Balaban J connectivity index is 1.30. The molecular formula is C25H18F2N6O2. The number of rotatable bonds is 5. The molecule has 0 aliphatic heterocycles. The normalized spacial score (nSPS) is 10.8. The highest BCUT2D eigenvalue weighted by atomic mass is 19.1. The summed E-state index contributed by atoms with van der Waals surface area (Å²) in [6.45, 7) is 0. The van der Waals surface area contributed by atoms with Crippen LogP contribution in [-0.2, 0) is 7.05 Å². The third-order valence-corrected chi connectivity index (χ3v) is 5.01. The number of nitrogens with one attached hydrogen (secondary N) is 2. The van der Waals surface area contributed by atoms with Gasteiger partial charge in [-0.2, -0.15) is 5.10 Å². The Kier molecular flexibility index (Phi) is 5.76. The molecular weight excluding hydrogens is 454 g/mol. The molecule has 0 radical (unpaired) electrons. The van der Waals surface area contributed by atoms with E-state index in [2.05, 4.69) is 25.7 Å². The fraction of sp³-hybridized carbons (Fsp3) is 0.0400. The number of fused-ring (bicyclic) bond motifs is 1. The summed E-state index contributed by atoms with van der Waals surface area (Å²) >= 11 is 0. The first-order valence-electron chi connectivity index (χ1n) is 10.5. The zero-order valence-corrected chi connectivity index (χ0v) is 18.4. The first kappa shape index (κ1) is 22.0. The summed E-state index contributed by atoms with van der Waals surface area (Å²) in [4.78, 5) is 21.1. The van der Waals surface area contributed by atoms with Gasteiger partial charge in [0.05, 0.1) is 29.1 Å². The second-order valence-electron chi connectivity index (χ2n) is 7.65. The smallest absolute Gasteiger partial charge is 0.323 e. The molecule has 3 aromatic carbocycles. The molecule has 0 aliphatic carbocycles. The minimum absolute atomic E-state index is 0.0307. The van der Waals surface area contributed by atoms with Gasteiger partial charge >= 0.3 is 6.03 Å². The molecule has 5 rings (SSSR count). The number of anilines is 2. The van der Waals surface area contributed by atoms with Gasteiger partial charge in [0, 0.05) is 42.3 Å². The second kappa shape index (κ2) is 9.18. The van der Waals surface area contributed by atoms with Gasteiger partial charge < -0.3 is 15.4 Å². The minimum atomic E-state index is -0.677. The summed E-state index contributed by atoms with van der Waals surface area (Å²) in [6, 6.07) is 13.9. The van der Waals surface area contributed by atoms with Crippen molar-refractivity contribution in [3.05, 3.63) is 90.9 Å². The van der Waals surface area contributed by atoms with Crippen molar-refractivity contribution in [1.82, 2.24) is 19.7 Å². The van der Waals surface area contributed by atoms with E-state index in [0.717, 1.165) is 11.6 Å². The van der Waals surface area contributed by atoms with Crippen LogP contribution in [0.1, 0.15) is 0 Å². The molecule has 8 nitrogen and oxygen atoms in total. The highest BCUT2D eigenvalue weighted by molar-refractivity contribution is 5.99. The van der Waals surface area contributed by atoms with E-state index < -0.39 is 17.7 Å². The fourth-order valence-electron chi connectivity index (χ4n) is 3.40. The molecule has 0 bridgehead atoms. The Bertz CT molecular complexity index is 1550. The molecule has 2 heterocycles. The van der Waals surface area contributed by atoms with Crippen LogP contribution in [0.5, 0.6) is 11.5 Å². The van der Waals surface area contributed by atoms with Gasteiger partial charge in [-0.3, -0.25) is 9.67 Å². The summed E-state index contributed by atoms with van der Waals surface area (Å²) in [5, 5.41) is 9.12. The predicted molar refractivity (Wildman–Crippen MR) is 127 cm³/mol. The van der Waals surface area contributed by atoms with Crippen LogP contribution >= 0.6 is 0 Å². The van der Waals surface area contributed by atoms with Crippen molar-refractivity contribution < 1.29 is 18.3 Å². The Morgan fingerprint density at radius 2 is 1.77 bits per heavy atom. The summed E-state index contributed by atoms with van der Waals surface area (Å²) in [5.41, 5.74) is 3.19. The number of carbonyl (C=O) groups excluding carboxylic acids is 1. The molecule has 0 saturated carbocycles. The number of carbonyl (C=O) groups is 1. The van der Waals surface area contributed by atoms with Gasteiger partial charge in [0.1, 0.15) is 11.6 Å². The molecule has 5 aromatic rings. The van der Waals surface area contributed by atoms with Gasteiger partial charge in [-0.1, -0.05) is 6.07 Å². The summed E-state index contributed by atoms with van der Waals surface area (Å²) in [6.07, 6.45) is 5.19. The van der Waals surface area contributed by atoms with Crippen LogP contribution in [0.2, 0.25) is 0 Å². The minimum Gasteiger partial charge on any atom is -0.454 e. The average molecular weight is 472 g/mol. The molecule has 0 spiro atoms. The second-order valence-corrected chi connectivity index (χ2v) is 7.65. The summed E-state index contributed by atoms with van der Waals surface area (Å²) in [5.74, 6) is -0.817. The van der Waals surface area contributed by atoms with Crippen LogP contribution in [0.4, 0.5) is 25.0 Å². The van der Waals surface area contributed by atoms with Crippen molar-refractivity contribution in [3.63, 3.8) is 0 Å². The number of hydrogen-bond acceptors (Lipinski definition) is 5. The van der Waals surface area contributed by atoms with E-state index in [1.165, 1.54) is 36.4 Å².